The van der Waals surface area contributed by atoms with Gasteiger partial charge in [0, 0.05) is 27.5 Å². The summed E-state index contributed by atoms with van der Waals surface area (Å²) in [6.45, 7) is 0. The Morgan fingerprint density at radius 3 is 1.43 bits per heavy atom. The molecule has 1 spiro atoms. The lowest BCUT2D eigenvalue weighted by atomic mass is 9.70. The van der Waals surface area contributed by atoms with E-state index >= 15 is 0 Å². The third-order valence-electron chi connectivity index (χ3n) is 14.2. The Morgan fingerprint density at radius 2 is 0.735 bits per heavy atom. The van der Waals surface area contributed by atoms with E-state index in [1.165, 1.54) is 44.5 Å². The van der Waals surface area contributed by atoms with Crippen LogP contribution in [0.3, 0.4) is 0 Å². The molecule has 10 aromatic carbocycles. The van der Waals surface area contributed by atoms with Crippen LogP contribution in [0.5, 0.6) is 0 Å². The molecule has 2 aromatic heterocycles. The normalized spacial score (nSPS) is 12.8. The molecule has 0 atom stereocenters. The quantitative estimate of drug-likeness (QED) is 0.167. The molecule has 0 bridgehead atoms. The number of aromatic nitrogens is 3. The van der Waals surface area contributed by atoms with Gasteiger partial charge in [-0.25, -0.2) is 15.0 Å². The summed E-state index contributed by atoms with van der Waals surface area (Å²) < 4.78 is 6.68. The van der Waals surface area contributed by atoms with Crippen LogP contribution in [-0.4, -0.2) is 15.0 Å². The van der Waals surface area contributed by atoms with Crippen LogP contribution in [0.25, 0.3) is 112 Å². The van der Waals surface area contributed by atoms with E-state index in [0.717, 1.165) is 72.0 Å². The number of hydrogen-bond donors (Lipinski definition) is 0. The average molecular weight is 866 g/mol. The van der Waals surface area contributed by atoms with E-state index in [1.807, 2.05) is 24.3 Å². The summed E-state index contributed by atoms with van der Waals surface area (Å²) in [5.41, 5.74) is 20.9. The molecule has 0 N–H and O–H groups in total. The highest BCUT2D eigenvalue weighted by atomic mass is 16.3. The molecule has 316 valence electrons. The van der Waals surface area contributed by atoms with Gasteiger partial charge in [0.2, 0.25) is 0 Å². The molecule has 4 heteroatoms. The molecule has 68 heavy (non-hydrogen) atoms. The molecule has 0 unspecified atom stereocenters. The smallest absolute Gasteiger partial charge is 0.164 e. The van der Waals surface area contributed by atoms with Gasteiger partial charge in [0.1, 0.15) is 11.2 Å². The molecule has 12 aromatic rings. The van der Waals surface area contributed by atoms with Crippen molar-refractivity contribution in [2.24, 2.45) is 0 Å². The van der Waals surface area contributed by atoms with Crippen LogP contribution >= 0.6 is 0 Å². The Kier molecular flexibility index (Phi) is 8.46. The summed E-state index contributed by atoms with van der Waals surface area (Å²) in [4.78, 5) is 15.9. The van der Waals surface area contributed by atoms with Crippen LogP contribution in [-0.2, 0) is 5.41 Å². The first-order chi connectivity index (χ1) is 33.7. The van der Waals surface area contributed by atoms with E-state index in [-0.39, 0.29) is 0 Å². The van der Waals surface area contributed by atoms with Crippen LogP contribution in [0.1, 0.15) is 22.3 Å². The molecular formula is C64H39N3O. The van der Waals surface area contributed by atoms with Gasteiger partial charge in [-0.15, -0.1) is 0 Å². The molecule has 0 radical (unpaired) electrons. The highest BCUT2D eigenvalue weighted by molar-refractivity contribution is 6.13. The molecule has 0 fully saturated rings. The van der Waals surface area contributed by atoms with Crippen molar-refractivity contribution in [2.75, 3.05) is 0 Å². The van der Waals surface area contributed by atoms with Crippen molar-refractivity contribution >= 4 is 21.9 Å². The Balaban J connectivity index is 0.961. The van der Waals surface area contributed by atoms with Crippen LogP contribution in [0.15, 0.2) is 241 Å². The molecule has 14 rings (SSSR count). The van der Waals surface area contributed by atoms with Crippen molar-refractivity contribution in [3.8, 4) is 89.8 Å². The van der Waals surface area contributed by atoms with Crippen LogP contribution < -0.4 is 0 Å². The van der Waals surface area contributed by atoms with Crippen LogP contribution in [0, 0.1) is 0 Å². The van der Waals surface area contributed by atoms with E-state index in [0.29, 0.717) is 17.5 Å². The highest BCUT2D eigenvalue weighted by Gasteiger charge is 2.51. The Bertz CT molecular complexity index is 3920. The maximum atomic E-state index is 6.68. The minimum atomic E-state index is -0.428. The standard InChI is InChI=1S/C64H39N3O/c1-3-17-40(18-4-1)42-21-15-22-45(37-42)61-65-62(51-27-8-7-23-46(51)41-19-5-2-6-20-41)67-63(66-61)52-28-16-32-59-60(52)53-38-43(34-36-58(53)68-59)44-33-35-50-49-26-11-14-31-56(49)64(57(50)39-44)54-29-12-9-24-47(54)48-25-10-13-30-55(48)64/h1-39H. The van der Waals surface area contributed by atoms with Crippen molar-refractivity contribution in [1.82, 2.24) is 15.0 Å². The fourth-order valence-electron chi connectivity index (χ4n) is 11.2. The number of rotatable bonds is 6. The predicted molar refractivity (Wildman–Crippen MR) is 276 cm³/mol. The first-order valence-corrected chi connectivity index (χ1v) is 23.2. The number of benzene rings is 10. The lowest BCUT2D eigenvalue weighted by molar-refractivity contribution is 0.669. The third-order valence-corrected chi connectivity index (χ3v) is 14.2. The lowest BCUT2D eigenvalue weighted by Gasteiger charge is -2.30. The van der Waals surface area contributed by atoms with Gasteiger partial charge in [-0.05, 0) is 108 Å². The van der Waals surface area contributed by atoms with Gasteiger partial charge in [-0.2, -0.15) is 0 Å². The van der Waals surface area contributed by atoms with Crippen molar-refractivity contribution in [2.45, 2.75) is 5.41 Å². The fourth-order valence-corrected chi connectivity index (χ4v) is 11.2. The van der Waals surface area contributed by atoms with Gasteiger partial charge in [0.25, 0.3) is 0 Å². The van der Waals surface area contributed by atoms with Gasteiger partial charge < -0.3 is 4.42 Å². The Morgan fingerprint density at radius 1 is 0.265 bits per heavy atom. The number of furan rings is 1. The summed E-state index contributed by atoms with van der Waals surface area (Å²) >= 11 is 0. The van der Waals surface area contributed by atoms with Gasteiger partial charge in [-0.1, -0.05) is 206 Å². The molecule has 2 heterocycles. The van der Waals surface area contributed by atoms with E-state index in [4.69, 9.17) is 19.4 Å². The second-order valence-corrected chi connectivity index (χ2v) is 17.8. The Hall–Kier alpha value is -8.99. The zero-order valence-electron chi connectivity index (χ0n) is 36.8. The van der Waals surface area contributed by atoms with Gasteiger partial charge >= 0.3 is 0 Å². The number of fused-ring (bicyclic) bond motifs is 13. The summed E-state index contributed by atoms with van der Waals surface area (Å²) in [5.74, 6) is 1.77. The summed E-state index contributed by atoms with van der Waals surface area (Å²) in [6.07, 6.45) is 0. The average Bonchev–Trinajstić information content (AvgIpc) is 4.05. The van der Waals surface area contributed by atoms with Gasteiger partial charge in [0.15, 0.2) is 17.5 Å². The molecule has 0 saturated carbocycles. The zero-order chi connectivity index (χ0) is 44.8. The van der Waals surface area contributed by atoms with E-state index in [9.17, 15) is 0 Å². The molecule has 0 saturated heterocycles. The van der Waals surface area contributed by atoms with Crippen molar-refractivity contribution in [1.29, 1.82) is 0 Å². The number of nitrogens with zero attached hydrogens (tertiary/aromatic N) is 3. The summed E-state index contributed by atoms with van der Waals surface area (Å²) in [5, 5.41) is 1.97. The molecule has 2 aliphatic rings. The summed E-state index contributed by atoms with van der Waals surface area (Å²) in [6, 6.07) is 84.4. The highest BCUT2D eigenvalue weighted by Crippen LogP contribution is 2.63. The maximum Gasteiger partial charge on any atom is 0.164 e. The second kappa shape index (κ2) is 15.0. The van der Waals surface area contributed by atoms with Crippen molar-refractivity contribution < 1.29 is 4.42 Å². The van der Waals surface area contributed by atoms with E-state index < -0.39 is 5.41 Å². The zero-order valence-corrected chi connectivity index (χ0v) is 36.8. The minimum absolute atomic E-state index is 0.428. The first kappa shape index (κ1) is 38.3. The molecule has 2 aliphatic carbocycles. The topological polar surface area (TPSA) is 51.8 Å². The third kappa shape index (κ3) is 5.71. The predicted octanol–water partition coefficient (Wildman–Crippen LogP) is 16.1. The van der Waals surface area contributed by atoms with Crippen molar-refractivity contribution in [3.05, 3.63) is 259 Å². The first-order valence-electron chi connectivity index (χ1n) is 23.2. The second-order valence-electron chi connectivity index (χ2n) is 17.8. The van der Waals surface area contributed by atoms with Gasteiger partial charge in [0.05, 0.1) is 5.41 Å². The summed E-state index contributed by atoms with van der Waals surface area (Å²) in [7, 11) is 0. The van der Waals surface area contributed by atoms with Crippen LogP contribution in [0.2, 0.25) is 0 Å². The van der Waals surface area contributed by atoms with Crippen LogP contribution in [0.4, 0.5) is 0 Å². The van der Waals surface area contributed by atoms with Crippen molar-refractivity contribution in [3.63, 3.8) is 0 Å². The lowest BCUT2D eigenvalue weighted by Crippen LogP contribution is -2.25. The monoisotopic (exact) mass is 865 g/mol. The maximum absolute atomic E-state index is 6.68. The SMILES string of the molecule is c1ccc(-c2cccc(-c3nc(-c4ccccc4-c4ccccc4)nc(-c4cccc5oc6ccc(-c7ccc8c(c7)C7(c9ccccc9-c9ccccc97)c7ccccc7-8)cc6c45)n3)c2)cc1. The Labute approximate surface area is 393 Å². The number of hydrogen-bond acceptors (Lipinski definition) is 4. The molecule has 0 aliphatic heterocycles. The molecule has 0 amide bonds. The van der Waals surface area contributed by atoms with Gasteiger partial charge in [-0.3, -0.25) is 0 Å². The van der Waals surface area contributed by atoms with E-state index in [2.05, 4.69) is 212 Å². The fraction of sp³-hybridized carbons (Fsp3) is 0.0156. The minimum Gasteiger partial charge on any atom is -0.456 e. The largest absolute Gasteiger partial charge is 0.456 e. The molecular weight excluding hydrogens is 827 g/mol. The molecule has 4 nitrogen and oxygen atoms in total. The van der Waals surface area contributed by atoms with E-state index in [1.54, 1.807) is 0 Å².